The summed E-state index contributed by atoms with van der Waals surface area (Å²) in [6.07, 6.45) is -0.844. The van der Waals surface area contributed by atoms with Gasteiger partial charge in [-0.05, 0) is 20.8 Å². The molecule has 0 radical (unpaired) electrons. The van der Waals surface area contributed by atoms with Crippen LogP contribution in [0.2, 0.25) is 0 Å². The Hall–Kier alpha value is -1.79. The van der Waals surface area contributed by atoms with Crippen LogP contribution in [0, 0.1) is 0 Å². The number of carboxylic acid groups (broad SMARTS) is 1. The first-order chi connectivity index (χ1) is 7.78. The summed E-state index contributed by atoms with van der Waals surface area (Å²) in [7, 11) is 0. The van der Waals surface area contributed by atoms with E-state index in [4.69, 9.17) is 14.7 Å². The maximum absolute atomic E-state index is 11.3. The number of aliphatic carboxylic acids is 1. The Morgan fingerprint density at radius 2 is 2.24 bits per heavy atom. The molecule has 0 bridgehead atoms. The van der Waals surface area contributed by atoms with Gasteiger partial charge in [-0.2, -0.15) is 0 Å². The molecule has 0 aromatic heterocycles. The van der Waals surface area contributed by atoms with Crippen LogP contribution in [0.25, 0.3) is 0 Å². The van der Waals surface area contributed by atoms with E-state index in [-0.39, 0.29) is 18.7 Å². The predicted molar refractivity (Wildman–Crippen MR) is 58.8 cm³/mol. The fourth-order valence-electron chi connectivity index (χ4n) is 1.18. The summed E-state index contributed by atoms with van der Waals surface area (Å²) < 4.78 is 5.01. The first kappa shape index (κ1) is 13.3. The van der Waals surface area contributed by atoms with Crippen molar-refractivity contribution in [3.05, 3.63) is 0 Å². The minimum absolute atomic E-state index is 0.0408. The summed E-state index contributed by atoms with van der Waals surface area (Å²) >= 11 is 0. The van der Waals surface area contributed by atoms with Gasteiger partial charge in [0.2, 0.25) is 0 Å². The molecule has 0 aliphatic carbocycles. The number of carbonyl (C=O) groups excluding carboxylic acids is 1. The number of rotatable bonds is 3. The first-order valence-corrected chi connectivity index (χ1v) is 5.21. The molecule has 1 heterocycles. The maximum Gasteiger partial charge on any atom is 0.407 e. The van der Waals surface area contributed by atoms with Gasteiger partial charge in [0.15, 0.2) is 11.8 Å². The number of hydrogen-bond donors (Lipinski definition) is 2. The van der Waals surface area contributed by atoms with E-state index in [1.54, 1.807) is 20.8 Å². The van der Waals surface area contributed by atoms with Crippen molar-refractivity contribution in [1.82, 2.24) is 5.32 Å². The fraction of sp³-hybridized carbons (Fsp3) is 0.700. The SMILES string of the molecule is CC(C)(C)OC(=O)NC[C@@H]1CC(C(=O)O)=NO1. The molecule has 2 N–H and O–H groups in total. The van der Waals surface area contributed by atoms with E-state index in [2.05, 4.69) is 10.5 Å². The normalized spacial score (nSPS) is 19.2. The van der Waals surface area contributed by atoms with Gasteiger partial charge in [-0.1, -0.05) is 5.16 Å². The highest BCUT2D eigenvalue weighted by molar-refractivity contribution is 6.35. The number of carbonyl (C=O) groups is 2. The topological polar surface area (TPSA) is 97.2 Å². The van der Waals surface area contributed by atoms with Crippen LogP contribution >= 0.6 is 0 Å². The van der Waals surface area contributed by atoms with Crippen LogP contribution in [0.4, 0.5) is 4.79 Å². The number of nitrogens with one attached hydrogen (secondary N) is 1. The molecule has 1 amide bonds. The van der Waals surface area contributed by atoms with Crippen molar-refractivity contribution in [1.29, 1.82) is 0 Å². The molecule has 96 valence electrons. The van der Waals surface area contributed by atoms with Crippen molar-refractivity contribution in [2.45, 2.75) is 38.9 Å². The Labute approximate surface area is 98.8 Å². The van der Waals surface area contributed by atoms with Gasteiger partial charge in [0.1, 0.15) is 5.60 Å². The lowest BCUT2D eigenvalue weighted by Crippen LogP contribution is -2.37. The molecule has 0 fully saturated rings. The van der Waals surface area contributed by atoms with Crippen LogP contribution in [0.5, 0.6) is 0 Å². The van der Waals surface area contributed by atoms with Gasteiger partial charge in [-0.15, -0.1) is 0 Å². The summed E-state index contributed by atoms with van der Waals surface area (Å²) in [5, 5.41) is 14.5. The van der Waals surface area contributed by atoms with Crippen molar-refractivity contribution in [3.8, 4) is 0 Å². The van der Waals surface area contributed by atoms with Crippen LogP contribution in [-0.4, -0.2) is 41.1 Å². The Bertz CT molecular complexity index is 345. The minimum Gasteiger partial charge on any atom is -0.477 e. The zero-order valence-corrected chi connectivity index (χ0v) is 10.0. The van der Waals surface area contributed by atoms with Crippen molar-refractivity contribution in [2.24, 2.45) is 5.16 Å². The third-order valence-electron chi connectivity index (χ3n) is 1.85. The number of hydrogen-bond acceptors (Lipinski definition) is 5. The van der Waals surface area contributed by atoms with Crippen LogP contribution < -0.4 is 5.32 Å². The van der Waals surface area contributed by atoms with Crippen molar-refractivity contribution in [3.63, 3.8) is 0 Å². The summed E-state index contributed by atoms with van der Waals surface area (Å²) in [6, 6.07) is 0. The fourth-order valence-corrected chi connectivity index (χ4v) is 1.18. The van der Waals surface area contributed by atoms with E-state index in [0.29, 0.717) is 0 Å². The number of nitrogens with zero attached hydrogens (tertiary/aromatic N) is 1. The molecule has 1 aliphatic rings. The summed E-state index contributed by atoms with van der Waals surface area (Å²) in [5.41, 5.74) is -0.607. The van der Waals surface area contributed by atoms with Crippen LogP contribution in [0.15, 0.2) is 5.16 Å². The number of amides is 1. The van der Waals surface area contributed by atoms with Crippen molar-refractivity contribution in [2.75, 3.05) is 6.54 Å². The first-order valence-electron chi connectivity index (χ1n) is 5.21. The number of oxime groups is 1. The van der Waals surface area contributed by atoms with Gasteiger partial charge in [0.25, 0.3) is 0 Å². The largest absolute Gasteiger partial charge is 0.477 e. The Kier molecular flexibility index (Phi) is 3.93. The average Bonchev–Trinajstić information content (AvgIpc) is 2.60. The summed E-state index contributed by atoms with van der Waals surface area (Å²) in [4.78, 5) is 26.7. The molecule has 17 heavy (non-hydrogen) atoms. The Morgan fingerprint density at radius 3 is 2.71 bits per heavy atom. The van der Waals surface area contributed by atoms with E-state index in [0.717, 1.165) is 0 Å². The zero-order valence-electron chi connectivity index (χ0n) is 10.0. The molecule has 1 aliphatic heterocycles. The molecule has 0 saturated carbocycles. The van der Waals surface area contributed by atoms with Crippen molar-refractivity contribution >= 4 is 17.8 Å². The lowest BCUT2D eigenvalue weighted by molar-refractivity contribution is -0.129. The number of carboxylic acids is 1. The van der Waals surface area contributed by atoms with Crippen LogP contribution in [0.1, 0.15) is 27.2 Å². The molecule has 1 rings (SSSR count). The second-order valence-corrected chi connectivity index (χ2v) is 4.66. The molecule has 7 heteroatoms. The molecule has 0 aromatic carbocycles. The molecule has 1 atom stereocenters. The highest BCUT2D eigenvalue weighted by Gasteiger charge is 2.26. The average molecular weight is 244 g/mol. The smallest absolute Gasteiger partial charge is 0.407 e. The summed E-state index contributed by atoms with van der Waals surface area (Å²) in [5.74, 6) is -1.11. The van der Waals surface area contributed by atoms with Gasteiger partial charge >= 0.3 is 12.1 Å². The van der Waals surface area contributed by atoms with Crippen molar-refractivity contribution < 1.29 is 24.3 Å². The highest BCUT2D eigenvalue weighted by atomic mass is 16.6. The lowest BCUT2D eigenvalue weighted by Gasteiger charge is -2.20. The van der Waals surface area contributed by atoms with E-state index >= 15 is 0 Å². The molecular formula is C10H16N2O5. The molecule has 0 unspecified atom stereocenters. The number of alkyl carbamates (subject to hydrolysis) is 1. The molecule has 0 saturated heterocycles. The standard InChI is InChI=1S/C10H16N2O5/c1-10(2,3)16-9(15)11-5-6-4-7(8(13)14)12-17-6/h6H,4-5H2,1-3H3,(H,11,15)(H,13,14)/t6-/m0/s1. The van der Waals surface area contributed by atoms with Gasteiger partial charge in [0.05, 0.1) is 6.54 Å². The second-order valence-electron chi connectivity index (χ2n) is 4.66. The predicted octanol–water partition coefficient (Wildman–Crippen LogP) is 0.741. The zero-order chi connectivity index (χ0) is 13.1. The Morgan fingerprint density at radius 1 is 1.59 bits per heavy atom. The monoisotopic (exact) mass is 244 g/mol. The molecular weight excluding hydrogens is 228 g/mol. The van der Waals surface area contributed by atoms with Crippen LogP contribution in [-0.2, 0) is 14.4 Å². The molecule has 0 spiro atoms. The third-order valence-corrected chi connectivity index (χ3v) is 1.85. The Balaban J connectivity index is 2.26. The van der Waals surface area contributed by atoms with Gasteiger partial charge < -0.3 is 20.0 Å². The minimum atomic E-state index is -1.11. The molecule has 0 aromatic rings. The van der Waals surface area contributed by atoms with Gasteiger partial charge in [-0.3, -0.25) is 0 Å². The van der Waals surface area contributed by atoms with Gasteiger partial charge in [-0.25, -0.2) is 9.59 Å². The quantitative estimate of drug-likeness (QED) is 0.763. The second kappa shape index (κ2) is 5.03. The summed E-state index contributed by atoms with van der Waals surface area (Å²) in [6.45, 7) is 5.42. The third kappa shape index (κ3) is 4.71. The molecule has 7 nitrogen and oxygen atoms in total. The number of ether oxygens (including phenoxy) is 1. The van der Waals surface area contributed by atoms with E-state index in [1.165, 1.54) is 0 Å². The van der Waals surface area contributed by atoms with Gasteiger partial charge in [0, 0.05) is 6.42 Å². The van der Waals surface area contributed by atoms with E-state index < -0.39 is 23.8 Å². The van der Waals surface area contributed by atoms with E-state index in [1.807, 2.05) is 0 Å². The maximum atomic E-state index is 11.3. The van der Waals surface area contributed by atoms with E-state index in [9.17, 15) is 9.59 Å². The highest BCUT2D eigenvalue weighted by Crippen LogP contribution is 2.10. The van der Waals surface area contributed by atoms with Crippen LogP contribution in [0.3, 0.4) is 0 Å². The lowest BCUT2D eigenvalue weighted by atomic mass is 10.2.